The Kier molecular flexibility index (Phi) is 12.3. The third kappa shape index (κ3) is 8.67. The number of likely N-dealkylation sites (tertiary alicyclic amines) is 1. The zero-order valence-corrected chi connectivity index (χ0v) is 33.9. The number of hydrogen-bond donors (Lipinski definition) is 1. The van der Waals surface area contributed by atoms with E-state index in [0.29, 0.717) is 12.3 Å². The quantitative estimate of drug-likeness (QED) is 0.251. The van der Waals surface area contributed by atoms with Crippen molar-refractivity contribution in [2.45, 2.75) is 64.0 Å². The van der Waals surface area contributed by atoms with Crippen LogP contribution < -0.4 is 5.32 Å². The summed E-state index contributed by atoms with van der Waals surface area (Å²) in [7, 11) is 0. The smallest absolute Gasteiger partial charge is 0.222 e. The van der Waals surface area contributed by atoms with E-state index < -0.39 is 0 Å². The van der Waals surface area contributed by atoms with E-state index in [2.05, 4.69) is 57.6 Å². The van der Waals surface area contributed by atoms with E-state index in [1.807, 2.05) is 40.4 Å². The number of carbonyl (C=O) groups is 2. The summed E-state index contributed by atoms with van der Waals surface area (Å²) in [5.74, 6) is 0.780. The summed E-state index contributed by atoms with van der Waals surface area (Å²) in [6, 6.07) is 21.5. The Morgan fingerprint density at radius 3 is 1.66 bits per heavy atom. The molecule has 2 aromatic heterocycles. The van der Waals surface area contributed by atoms with E-state index in [0.717, 1.165) is 120 Å². The molecule has 294 valence electrons. The first-order valence-corrected chi connectivity index (χ1v) is 21.2. The van der Waals surface area contributed by atoms with Gasteiger partial charge in [-0.3, -0.25) is 29.4 Å². The van der Waals surface area contributed by atoms with Crippen LogP contribution in [0.25, 0.3) is 0 Å². The van der Waals surface area contributed by atoms with Gasteiger partial charge in [0.05, 0.1) is 23.5 Å². The SMILES string of the molecule is CC(=O)N1CCC(CC(=O)N2CCN([C@H]3c4ccc(Cl)cc4CCc4cccnc43)CC2)CC1.Clc1ccc2c(c1)CCc1cccnc1[C@H]2N1CCNCC1. The van der Waals surface area contributed by atoms with Gasteiger partial charge in [-0.1, -0.05) is 47.5 Å². The van der Waals surface area contributed by atoms with Gasteiger partial charge in [0.1, 0.15) is 0 Å². The number of nitrogens with one attached hydrogen (secondary N) is 1. The lowest BCUT2D eigenvalue weighted by Crippen LogP contribution is -2.50. The normalized spacial score (nSPS) is 21.6. The molecular formula is C45H53Cl2N7O2. The number of hydrogen-bond acceptors (Lipinski definition) is 7. The Balaban J connectivity index is 0.000000172. The van der Waals surface area contributed by atoms with Gasteiger partial charge in [-0.15, -0.1) is 0 Å². The summed E-state index contributed by atoms with van der Waals surface area (Å²) < 4.78 is 0. The number of piperidine rings is 1. The van der Waals surface area contributed by atoms with Crippen LogP contribution in [0.15, 0.2) is 73.1 Å². The molecule has 0 bridgehead atoms. The number of piperazine rings is 2. The topological polar surface area (TPSA) is 84.9 Å². The fourth-order valence-electron chi connectivity index (χ4n) is 9.50. The first-order chi connectivity index (χ1) is 27.3. The zero-order valence-electron chi connectivity index (χ0n) is 32.4. The van der Waals surface area contributed by atoms with Crippen molar-refractivity contribution in [1.29, 1.82) is 0 Å². The van der Waals surface area contributed by atoms with Crippen LogP contribution in [-0.2, 0) is 35.3 Å². The maximum Gasteiger partial charge on any atom is 0.222 e. The molecule has 0 unspecified atom stereocenters. The Labute approximate surface area is 341 Å². The second-order valence-corrected chi connectivity index (χ2v) is 16.8. The van der Waals surface area contributed by atoms with Crippen LogP contribution in [0, 0.1) is 5.92 Å². The minimum atomic E-state index is 0.0964. The summed E-state index contributed by atoms with van der Waals surface area (Å²) in [5, 5.41) is 5.05. The van der Waals surface area contributed by atoms with Crippen molar-refractivity contribution < 1.29 is 9.59 Å². The summed E-state index contributed by atoms with van der Waals surface area (Å²) in [4.78, 5) is 43.2. The Hall–Kier alpha value is -3.86. The van der Waals surface area contributed by atoms with Crippen LogP contribution in [0.1, 0.15) is 83.0 Å². The molecule has 0 spiro atoms. The Morgan fingerprint density at radius 2 is 1.14 bits per heavy atom. The van der Waals surface area contributed by atoms with Gasteiger partial charge >= 0.3 is 0 Å². The number of pyridine rings is 2. The minimum absolute atomic E-state index is 0.0964. The van der Waals surface area contributed by atoms with Crippen LogP contribution in [0.4, 0.5) is 0 Å². The highest BCUT2D eigenvalue weighted by molar-refractivity contribution is 6.31. The van der Waals surface area contributed by atoms with Gasteiger partial charge in [-0.05, 0) is 114 Å². The summed E-state index contributed by atoms with van der Waals surface area (Å²) in [6.07, 6.45) is 10.3. The molecule has 4 aromatic rings. The maximum atomic E-state index is 13.1. The van der Waals surface area contributed by atoms with Crippen molar-refractivity contribution in [3.8, 4) is 0 Å². The van der Waals surface area contributed by atoms with Crippen LogP contribution in [-0.4, -0.2) is 107 Å². The molecule has 2 atom stereocenters. The number of halogens is 2. The fraction of sp³-hybridized carbons (Fsp3) is 0.467. The molecule has 9 nitrogen and oxygen atoms in total. The lowest BCUT2D eigenvalue weighted by molar-refractivity contribution is -0.135. The van der Waals surface area contributed by atoms with Gasteiger partial charge in [-0.2, -0.15) is 0 Å². The number of amides is 2. The largest absolute Gasteiger partial charge is 0.343 e. The van der Waals surface area contributed by atoms with Gasteiger partial charge < -0.3 is 15.1 Å². The third-order valence-corrected chi connectivity index (χ3v) is 13.0. The molecule has 2 amide bonds. The monoisotopic (exact) mass is 793 g/mol. The second kappa shape index (κ2) is 17.7. The van der Waals surface area contributed by atoms with E-state index in [1.165, 1.54) is 39.1 Å². The van der Waals surface area contributed by atoms with Gasteiger partial charge in [0, 0.05) is 101 Å². The molecule has 5 aliphatic rings. The van der Waals surface area contributed by atoms with Crippen molar-refractivity contribution in [3.05, 3.63) is 128 Å². The summed E-state index contributed by atoms with van der Waals surface area (Å²) in [6.45, 7) is 10.5. The summed E-state index contributed by atoms with van der Waals surface area (Å²) >= 11 is 12.6. The molecule has 5 heterocycles. The van der Waals surface area contributed by atoms with Crippen molar-refractivity contribution in [3.63, 3.8) is 0 Å². The van der Waals surface area contributed by atoms with Crippen LogP contribution in [0.2, 0.25) is 10.0 Å². The molecule has 2 aliphatic carbocycles. The number of rotatable bonds is 4. The molecule has 3 aliphatic heterocycles. The van der Waals surface area contributed by atoms with E-state index >= 15 is 0 Å². The molecular weight excluding hydrogens is 741 g/mol. The molecule has 11 heteroatoms. The van der Waals surface area contributed by atoms with Crippen molar-refractivity contribution in [1.82, 2.24) is 34.9 Å². The number of benzene rings is 2. The van der Waals surface area contributed by atoms with Gasteiger partial charge in [-0.25, -0.2) is 0 Å². The number of fused-ring (bicyclic) bond motifs is 4. The molecule has 2 aromatic carbocycles. The lowest BCUT2D eigenvalue weighted by Gasteiger charge is -2.40. The first-order valence-electron chi connectivity index (χ1n) is 20.5. The maximum absolute atomic E-state index is 13.1. The second-order valence-electron chi connectivity index (χ2n) is 15.9. The molecule has 0 saturated carbocycles. The molecule has 3 fully saturated rings. The highest BCUT2D eigenvalue weighted by atomic mass is 35.5. The highest BCUT2D eigenvalue weighted by Gasteiger charge is 2.34. The van der Waals surface area contributed by atoms with E-state index in [9.17, 15) is 9.59 Å². The molecule has 9 rings (SSSR count). The van der Waals surface area contributed by atoms with E-state index in [4.69, 9.17) is 33.2 Å². The third-order valence-electron chi connectivity index (χ3n) is 12.6. The van der Waals surface area contributed by atoms with E-state index in [1.54, 1.807) is 6.92 Å². The highest BCUT2D eigenvalue weighted by Crippen LogP contribution is 2.38. The van der Waals surface area contributed by atoms with Gasteiger partial charge in [0.2, 0.25) is 11.8 Å². The number of aryl methyl sites for hydroxylation is 4. The molecule has 1 N–H and O–H groups in total. The minimum Gasteiger partial charge on any atom is -0.343 e. The van der Waals surface area contributed by atoms with Crippen molar-refractivity contribution >= 4 is 35.0 Å². The van der Waals surface area contributed by atoms with Crippen molar-refractivity contribution in [2.24, 2.45) is 5.92 Å². The predicted molar refractivity (Wildman–Crippen MR) is 222 cm³/mol. The van der Waals surface area contributed by atoms with Crippen LogP contribution in [0.3, 0.4) is 0 Å². The fourth-order valence-corrected chi connectivity index (χ4v) is 9.89. The molecule has 3 saturated heterocycles. The average molecular weight is 795 g/mol. The molecule has 0 radical (unpaired) electrons. The lowest BCUT2D eigenvalue weighted by atomic mass is 9.92. The number of nitrogens with zero attached hydrogens (tertiary/aromatic N) is 6. The number of carbonyl (C=O) groups excluding carboxylic acids is 2. The van der Waals surface area contributed by atoms with Gasteiger partial charge in [0.25, 0.3) is 0 Å². The van der Waals surface area contributed by atoms with Crippen molar-refractivity contribution in [2.75, 3.05) is 65.4 Å². The Morgan fingerprint density at radius 1 is 0.643 bits per heavy atom. The molecule has 56 heavy (non-hydrogen) atoms. The van der Waals surface area contributed by atoms with Gasteiger partial charge in [0.15, 0.2) is 0 Å². The predicted octanol–water partition coefficient (Wildman–Crippen LogP) is 6.54. The zero-order chi connectivity index (χ0) is 38.6. The number of aromatic nitrogens is 2. The average Bonchev–Trinajstić information content (AvgIpc) is 3.49. The first kappa shape index (κ1) is 39.0. The standard InChI is InChI=1S/C27H33ClN4O2.C18H20ClN3/c1-19(33)30-11-8-20(9-12-30)17-25(34)31-13-15-32(16-14-31)27-24-7-6-23(28)18-22(24)5-4-21-3-2-10-29-26(21)27;19-15-5-6-16-14(12-15)4-3-13-2-1-7-21-17(13)18(16)22-10-8-20-9-11-22/h2-3,6-7,10,18,20,27H,4-5,8-9,11-17H2,1H3;1-2,5-7,12,18,20H,3-4,8-11H2/t27-;18-/m00/s1. The Bertz CT molecular complexity index is 2020. The van der Waals surface area contributed by atoms with E-state index in [-0.39, 0.29) is 23.9 Å². The van der Waals surface area contributed by atoms with Crippen LogP contribution >= 0.6 is 23.2 Å². The van der Waals surface area contributed by atoms with Crippen LogP contribution in [0.5, 0.6) is 0 Å². The summed E-state index contributed by atoms with van der Waals surface area (Å²) in [5.41, 5.74) is 10.4.